The van der Waals surface area contributed by atoms with Gasteiger partial charge in [-0.2, -0.15) is 18.3 Å². The molecule has 6 nitrogen and oxygen atoms in total. The number of methoxy groups -OCH3 is 1. The van der Waals surface area contributed by atoms with E-state index in [-0.39, 0.29) is 30.3 Å². The fraction of sp³-hybridized carbons (Fsp3) is 0.318. The predicted molar refractivity (Wildman–Crippen MR) is 108 cm³/mol. The molecule has 1 aromatic carbocycles. The molecule has 0 unspecified atom stereocenters. The molecule has 0 saturated heterocycles. The van der Waals surface area contributed by atoms with E-state index >= 15 is 0 Å². The minimum absolute atomic E-state index is 0.0144. The van der Waals surface area contributed by atoms with Crippen LogP contribution in [0, 0.1) is 0 Å². The highest BCUT2D eigenvalue weighted by atomic mass is 19.4. The van der Waals surface area contributed by atoms with Crippen LogP contribution in [0.2, 0.25) is 0 Å². The van der Waals surface area contributed by atoms with Crippen LogP contribution in [0.1, 0.15) is 30.5 Å². The molecule has 2 aromatic heterocycles. The number of hydrogen-bond acceptors (Lipinski definition) is 5. The second-order valence-electron chi connectivity index (χ2n) is 7.10. The summed E-state index contributed by atoms with van der Waals surface area (Å²) in [6.45, 7) is 0.475. The van der Waals surface area contributed by atoms with Crippen molar-refractivity contribution in [3.05, 3.63) is 66.2 Å². The first-order valence-electron chi connectivity index (χ1n) is 9.59. The molecule has 31 heavy (non-hydrogen) atoms. The summed E-state index contributed by atoms with van der Waals surface area (Å²) in [5.41, 5.74) is 2.20. The molecule has 0 fully saturated rings. The third kappa shape index (κ3) is 6.31. The number of carbonyl (C=O) groups excluding carboxylic acids is 1. The van der Waals surface area contributed by atoms with Crippen molar-refractivity contribution in [3.63, 3.8) is 0 Å². The summed E-state index contributed by atoms with van der Waals surface area (Å²) in [6, 6.07) is 10.3. The highest BCUT2D eigenvalue weighted by Crippen LogP contribution is 2.26. The van der Waals surface area contributed by atoms with Gasteiger partial charge in [-0.25, -0.2) is 4.68 Å². The maximum absolute atomic E-state index is 12.6. The third-order valence-electron chi connectivity index (χ3n) is 4.60. The van der Waals surface area contributed by atoms with E-state index in [0.717, 1.165) is 11.3 Å². The molecule has 3 aromatic rings. The Labute approximate surface area is 177 Å². The van der Waals surface area contributed by atoms with Gasteiger partial charge in [-0.15, -0.1) is 0 Å². The van der Waals surface area contributed by atoms with Crippen molar-refractivity contribution in [2.45, 2.75) is 31.9 Å². The van der Waals surface area contributed by atoms with Crippen molar-refractivity contribution in [1.29, 1.82) is 0 Å². The number of nitrogens with zero attached hydrogens (tertiary/aromatic N) is 3. The van der Waals surface area contributed by atoms with Gasteiger partial charge in [-0.1, -0.05) is 13.0 Å². The van der Waals surface area contributed by atoms with Crippen molar-refractivity contribution in [3.8, 4) is 17.2 Å². The van der Waals surface area contributed by atoms with E-state index in [4.69, 9.17) is 4.74 Å². The maximum atomic E-state index is 12.6. The summed E-state index contributed by atoms with van der Waals surface area (Å²) in [7, 11) is 1.56. The zero-order chi connectivity index (χ0) is 22.4. The summed E-state index contributed by atoms with van der Waals surface area (Å²) >= 11 is 0. The first-order valence-corrected chi connectivity index (χ1v) is 9.59. The topological polar surface area (TPSA) is 66.2 Å². The van der Waals surface area contributed by atoms with Gasteiger partial charge in [0, 0.05) is 36.8 Å². The second-order valence-corrected chi connectivity index (χ2v) is 7.10. The van der Waals surface area contributed by atoms with E-state index in [1.54, 1.807) is 36.3 Å². The number of ketones is 1. The lowest BCUT2D eigenvalue weighted by molar-refractivity contribution is -0.153. The minimum Gasteiger partial charge on any atom is -0.494 e. The Kier molecular flexibility index (Phi) is 6.94. The van der Waals surface area contributed by atoms with Crippen LogP contribution in [-0.2, 0) is 11.2 Å². The molecule has 164 valence electrons. The molecule has 2 heterocycles. The average Bonchev–Trinajstić information content (AvgIpc) is 3.26. The second kappa shape index (κ2) is 9.63. The molecule has 0 aliphatic heterocycles. The summed E-state index contributed by atoms with van der Waals surface area (Å²) in [5, 5.41) is 4.19. The van der Waals surface area contributed by atoms with Gasteiger partial charge >= 0.3 is 6.18 Å². The van der Waals surface area contributed by atoms with E-state index in [2.05, 4.69) is 14.8 Å². The molecule has 0 aliphatic rings. The number of carbonyl (C=O) groups is 1. The maximum Gasteiger partial charge on any atom is 0.422 e. The van der Waals surface area contributed by atoms with Gasteiger partial charge in [0.25, 0.3) is 0 Å². The molecule has 0 spiro atoms. The molecule has 0 N–H and O–H groups in total. The monoisotopic (exact) mass is 433 g/mol. The first-order chi connectivity index (χ1) is 14.7. The van der Waals surface area contributed by atoms with Crippen molar-refractivity contribution in [2.75, 3.05) is 13.7 Å². The fourth-order valence-corrected chi connectivity index (χ4v) is 3.11. The zero-order valence-electron chi connectivity index (χ0n) is 17.1. The number of hydrogen-bond donors (Lipinski definition) is 0. The molecule has 0 radical (unpaired) electrons. The number of aromatic nitrogens is 3. The van der Waals surface area contributed by atoms with E-state index in [0.29, 0.717) is 11.4 Å². The standard InChI is InChI=1S/C22H22F3N3O3/c1-15(19-6-5-18(13-26-19)31-14-22(23,24)25)10-17(29)11-16-4-7-20(21(12-16)30-2)28-9-3-8-27-28/h3-9,12-13,15H,10-11,14H2,1-2H3/t15-/m0/s1. The molecular formula is C22H22F3N3O3. The van der Waals surface area contributed by atoms with E-state index in [9.17, 15) is 18.0 Å². The summed E-state index contributed by atoms with van der Waals surface area (Å²) < 4.78 is 48.4. The quantitative estimate of drug-likeness (QED) is 0.496. The largest absolute Gasteiger partial charge is 0.494 e. The van der Waals surface area contributed by atoms with Crippen molar-refractivity contribution >= 4 is 5.78 Å². The normalized spacial score (nSPS) is 12.4. The lowest BCUT2D eigenvalue weighted by Gasteiger charge is -2.13. The predicted octanol–water partition coefficient (Wildman–Crippen LogP) is 4.52. The van der Waals surface area contributed by atoms with Crippen LogP contribution < -0.4 is 9.47 Å². The molecule has 0 saturated carbocycles. The van der Waals surface area contributed by atoms with Gasteiger partial charge in [0.15, 0.2) is 6.61 Å². The van der Waals surface area contributed by atoms with Crippen LogP contribution in [-0.4, -0.2) is 40.4 Å². The molecule has 0 bridgehead atoms. The molecule has 0 aliphatic carbocycles. The Morgan fingerprint density at radius 1 is 1.23 bits per heavy atom. The number of rotatable bonds is 9. The lowest BCUT2D eigenvalue weighted by Crippen LogP contribution is -2.19. The van der Waals surface area contributed by atoms with E-state index in [1.807, 2.05) is 25.1 Å². The number of benzene rings is 1. The van der Waals surface area contributed by atoms with Gasteiger partial charge in [0.1, 0.15) is 23.0 Å². The van der Waals surface area contributed by atoms with Gasteiger partial charge < -0.3 is 9.47 Å². The summed E-state index contributed by atoms with van der Waals surface area (Å²) in [6.07, 6.45) is 0.780. The van der Waals surface area contributed by atoms with Gasteiger partial charge in [0.2, 0.25) is 0 Å². The number of pyridine rings is 1. The number of alkyl halides is 3. The molecule has 9 heteroatoms. The van der Waals surface area contributed by atoms with Crippen molar-refractivity contribution < 1.29 is 27.4 Å². The van der Waals surface area contributed by atoms with Crippen LogP contribution in [0.15, 0.2) is 55.0 Å². The number of ether oxygens (including phenoxy) is 2. The molecular weight excluding hydrogens is 411 g/mol. The Hall–Kier alpha value is -3.36. The van der Waals surface area contributed by atoms with Gasteiger partial charge in [0.05, 0.1) is 13.3 Å². The van der Waals surface area contributed by atoms with Crippen molar-refractivity contribution in [1.82, 2.24) is 14.8 Å². The Morgan fingerprint density at radius 3 is 2.65 bits per heavy atom. The first kappa shape index (κ1) is 22.3. The van der Waals surface area contributed by atoms with Gasteiger partial charge in [-0.05, 0) is 35.9 Å². The summed E-state index contributed by atoms with van der Waals surface area (Å²) in [5.74, 6) is 0.470. The Balaban J connectivity index is 1.59. The Bertz CT molecular complexity index is 1000. The molecule has 1 atom stereocenters. The van der Waals surface area contributed by atoms with Crippen LogP contribution >= 0.6 is 0 Å². The number of Topliss-reactive ketones (excluding diaryl/α,β-unsaturated/α-hetero) is 1. The lowest BCUT2D eigenvalue weighted by atomic mass is 9.96. The fourth-order valence-electron chi connectivity index (χ4n) is 3.11. The van der Waals surface area contributed by atoms with E-state index < -0.39 is 12.8 Å². The highest BCUT2D eigenvalue weighted by Gasteiger charge is 2.28. The van der Waals surface area contributed by atoms with Crippen LogP contribution in [0.3, 0.4) is 0 Å². The van der Waals surface area contributed by atoms with Crippen molar-refractivity contribution in [2.24, 2.45) is 0 Å². The minimum atomic E-state index is -4.41. The van der Waals surface area contributed by atoms with E-state index in [1.165, 1.54) is 12.3 Å². The molecule has 0 amide bonds. The highest BCUT2D eigenvalue weighted by molar-refractivity contribution is 5.81. The summed E-state index contributed by atoms with van der Waals surface area (Å²) in [4.78, 5) is 16.7. The Morgan fingerprint density at radius 2 is 2.03 bits per heavy atom. The smallest absolute Gasteiger partial charge is 0.422 e. The zero-order valence-corrected chi connectivity index (χ0v) is 17.1. The average molecular weight is 433 g/mol. The van der Waals surface area contributed by atoms with Gasteiger partial charge in [-0.3, -0.25) is 9.78 Å². The van der Waals surface area contributed by atoms with Crippen LogP contribution in [0.4, 0.5) is 13.2 Å². The van der Waals surface area contributed by atoms with Crippen LogP contribution in [0.25, 0.3) is 5.69 Å². The molecule has 3 rings (SSSR count). The number of halogens is 3. The SMILES string of the molecule is COc1cc(CC(=O)C[C@H](C)c2ccc(OCC(F)(F)F)cn2)ccc1-n1cccn1. The third-order valence-corrected chi connectivity index (χ3v) is 4.60. The van der Waals surface area contributed by atoms with Crippen LogP contribution in [0.5, 0.6) is 11.5 Å².